The van der Waals surface area contributed by atoms with E-state index in [1.165, 1.54) is 23.5 Å². The molecule has 1 atom stereocenters. The number of nitrogens with zero attached hydrogens (tertiary/aromatic N) is 1. The minimum atomic E-state index is -0.335. The highest BCUT2D eigenvalue weighted by Gasteiger charge is 2.30. The van der Waals surface area contributed by atoms with Crippen LogP contribution in [0.3, 0.4) is 0 Å². The molecule has 1 aliphatic rings. The van der Waals surface area contributed by atoms with Crippen LogP contribution in [0.5, 0.6) is 0 Å². The molecule has 2 aromatic rings. The number of fused-ring (bicyclic) bond motifs is 1. The number of rotatable bonds is 1. The van der Waals surface area contributed by atoms with Crippen LogP contribution in [0, 0.1) is 5.82 Å². The molecule has 1 aromatic heterocycles. The molecule has 1 aliphatic carbocycles. The molecular weight excluding hydrogens is 339 g/mol. The van der Waals surface area contributed by atoms with Crippen LogP contribution >= 0.6 is 38.9 Å². The predicted molar refractivity (Wildman–Crippen MR) is 75.8 cm³/mol. The number of halogens is 3. The topological polar surface area (TPSA) is 38.9 Å². The summed E-state index contributed by atoms with van der Waals surface area (Å²) < 4.78 is 14.0. The van der Waals surface area contributed by atoms with Crippen molar-refractivity contribution in [3.05, 3.63) is 43.6 Å². The number of hydrogen-bond acceptors (Lipinski definition) is 3. The SMILES string of the molecule is Nc1nc2c(s1)C(c1c(Cl)cc(F)cc1Br)CC2. The Bertz CT molecular complexity index is 606. The summed E-state index contributed by atoms with van der Waals surface area (Å²) in [7, 11) is 0. The summed E-state index contributed by atoms with van der Waals surface area (Å²) in [6, 6.07) is 2.80. The average molecular weight is 348 g/mol. The molecule has 1 unspecified atom stereocenters. The van der Waals surface area contributed by atoms with E-state index in [0.717, 1.165) is 29.0 Å². The molecule has 0 saturated carbocycles. The maximum Gasteiger partial charge on any atom is 0.180 e. The van der Waals surface area contributed by atoms with Crippen molar-refractivity contribution in [2.24, 2.45) is 0 Å². The number of nitrogen functional groups attached to an aromatic ring is 1. The largest absolute Gasteiger partial charge is 0.375 e. The third-order valence-corrected chi connectivity index (χ3v) is 5.13. The van der Waals surface area contributed by atoms with Crippen LogP contribution in [-0.4, -0.2) is 4.98 Å². The zero-order valence-electron chi connectivity index (χ0n) is 9.21. The summed E-state index contributed by atoms with van der Waals surface area (Å²) in [6.07, 6.45) is 1.84. The van der Waals surface area contributed by atoms with Crippen LogP contribution in [0.2, 0.25) is 5.02 Å². The van der Waals surface area contributed by atoms with Crippen molar-refractivity contribution in [3.63, 3.8) is 0 Å². The Morgan fingerprint density at radius 1 is 1.50 bits per heavy atom. The van der Waals surface area contributed by atoms with Gasteiger partial charge in [0, 0.05) is 20.3 Å². The van der Waals surface area contributed by atoms with E-state index >= 15 is 0 Å². The highest BCUT2D eigenvalue weighted by Crippen LogP contribution is 2.46. The van der Waals surface area contributed by atoms with Crippen molar-refractivity contribution in [1.82, 2.24) is 4.98 Å². The zero-order valence-corrected chi connectivity index (χ0v) is 12.4. The molecule has 3 rings (SSSR count). The Balaban J connectivity index is 2.12. The Morgan fingerprint density at radius 3 is 3.00 bits per heavy atom. The lowest BCUT2D eigenvalue weighted by molar-refractivity contribution is 0.625. The van der Waals surface area contributed by atoms with Crippen molar-refractivity contribution in [3.8, 4) is 0 Å². The van der Waals surface area contributed by atoms with E-state index in [1.807, 2.05) is 0 Å². The quantitative estimate of drug-likeness (QED) is 0.832. The standard InChI is InChI=1S/C12H9BrClFN2S/c13-7-3-5(15)4-8(14)10(7)6-1-2-9-11(6)18-12(16)17-9/h3-4,6H,1-2H2,(H2,16,17). The van der Waals surface area contributed by atoms with Crippen LogP contribution in [0.4, 0.5) is 9.52 Å². The molecule has 2 N–H and O–H groups in total. The summed E-state index contributed by atoms with van der Waals surface area (Å²) in [6.45, 7) is 0. The van der Waals surface area contributed by atoms with Gasteiger partial charge in [0.05, 0.1) is 5.69 Å². The molecule has 6 heteroatoms. The van der Waals surface area contributed by atoms with Gasteiger partial charge in [0.2, 0.25) is 0 Å². The number of hydrogen-bond donors (Lipinski definition) is 1. The van der Waals surface area contributed by atoms with Gasteiger partial charge in [-0.15, -0.1) is 11.3 Å². The minimum Gasteiger partial charge on any atom is -0.375 e. The second-order valence-corrected chi connectivity index (χ2v) is 6.56. The first-order chi connectivity index (χ1) is 8.56. The van der Waals surface area contributed by atoms with Crippen LogP contribution in [0.25, 0.3) is 0 Å². The van der Waals surface area contributed by atoms with E-state index in [9.17, 15) is 4.39 Å². The Morgan fingerprint density at radius 2 is 2.28 bits per heavy atom. The summed E-state index contributed by atoms with van der Waals surface area (Å²) >= 11 is 11.1. The number of thiazole rings is 1. The van der Waals surface area contributed by atoms with Gasteiger partial charge in [-0.05, 0) is 30.5 Å². The average Bonchev–Trinajstić information content (AvgIpc) is 2.77. The highest BCUT2D eigenvalue weighted by molar-refractivity contribution is 9.10. The fraction of sp³-hybridized carbons (Fsp3) is 0.250. The number of nitrogens with two attached hydrogens (primary N) is 1. The Hall–Kier alpha value is -0.650. The second-order valence-electron chi connectivity index (χ2n) is 4.24. The summed E-state index contributed by atoms with van der Waals surface area (Å²) in [5.41, 5.74) is 7.71. The predicted octanol–water partition coefficient (Wildman–Crippen LogP) is 4.36. The summed E-state index contributed by atoms with van der Waals surface area (Å²) in [4.78, 5) is 5.46. The summed E-state index contributed by atoms with van der Waals surface area (Å²) in [5.74, 6) is -0.171. The second kappa shape index (κ2) is 4.47. The monoisotopic (exact) mass is 346 g/mol. The molecule has 0 spiro atoms. The molecule has 0 amide bonds. The lowest BCUT2D eigenvalue weighted by atomic mass is 9.98. The van der Waals surface area contributed by atoms with E-state index in [0.29, 0.717) is 14.6 Å². The molecule has 2 nitrogen and oxygen atoms in total. The van der Waals surface area contributed by atoms with Gasteiger partial charge in [-0.25, -0.2) is 9.37 Å². The Labute approximate surface area is 121 Å². The highest BCUT2D eigenvalue weighted by atomic mass is 79.9. The first-order valence-corrected chi connectivity index (χ1v) is 7.44. The zero-order chi connectivity index (χ0) is 12.9. The van der Waals surface area contributed by atoms with Gasteiger partial charge in [-0.2, -0.15) is 0 Å². The molecule has 94 valence electrons. The summed E-state index contributed by atoms with van der Waals surface area (Å²) in [5, 5.41) is 1.03. The molecule has 1 heterocycles. The molecule has 0 saturated heterocycles. The number of benzene rings is 1. The number of aromatic nitrogens is 1. The Kier molecular flexibility index (Phi) is 3.08. The van der Waals surface area contributed by atoms with Crippen LogP contribution in [0.15, 0.2) is 16.6 Å². The van der Waals surface area contributed by atoms with Gasteiger partial charge in [0.15, 0.2) is 5.13 Å². The van der Waals surface area contributed by atoms with Gasteiger partial charge in [-0.1, -0.05) is 27.5 Å². The maximum atomic E-state index is 13.3. The third kappa shape index (κ3) is 1.94. The smallest absolute Gasteiger partial charge is 0.180 e. The van der Waals surface area contributed by atoms with Gasteiger partial charge in [-0.3, -0.25) is 0 Å². The fourth-order valence-electron chi connectivity index (χ4n) is 2.41. The van der Waals surface area contributed by atoms with Crippen LogP contribution < -0.4 is 5.73 Å². The van der Waals surface area contributed by atoms with Crippen molar-refractivity contribution >= 4 is 44.0 Å². The van der Waals surface area contributed by atoms with E-state index in [1.54, 1.807) is 0 Å². The van der Waals surface area contributed by atoms with Crippen molar-refractivity contribution in [1.29, 1.82) is 0 Å². The number of aryl methyl sites for hydroxylation is 1. The third-order valence-electron chi connectivity index (χ3n) is 3.12. The fourth-order valence-corrected chi connectivity index (χ4v) is 4.59. The number of anilines is 1. The van der Waals surface area contributed by atoms with Gasteiger partial charge in [0.25, 0.3) is 0 Å². The van der Waals surface area contributed by atoms with E-state index in [-0.39, 0.29) is 11.7 Å². The van der Waals surface area contributed by atoms with E-state index in [2.05, 4.69) is 20.9 Å². The van der Waals surface area contributed by atoms with Crippen molar-refractivity contribution < 1.29 is 4.39 Å². The maximum absolute atomic E-state index is 13.3. The van der Waals surface area contributed by atoms with E-state index < -0.39 is 0 Å². The molecule has 1 aromatic carbocycles. The van der Waals surface area contributed by atoms with Gasteiger partial charge >= 0.3 is 0 Å². The molecule has 0 aliphatic heterocycles. The molecule has 0 radical (unpaired) electrons. The normalized spacial score (nSPS) is 18.1. The first kappa shape index (κ1) is 12.4. The molecule has 0 fully saturated rings. The minimum absolute atomic E-state index is 0.164. The van der Waals surface area contributed by atoms with E-state index in [4.69, 9.17) is 17.3 Å². The van der Waals surface area contributed by atoms with Gasteiger partial charge < -0.3 is 5.73 Å². The molecule has 0 bridgehead atoms. The van der Waals surface area contributed by atoms with Crippen LogP contribution in [0.1, 0.15) is 28.5 Å². The lowest BCUT2D eigenvalue weighted by Gasteiger charge is -2.14. The molecule has 18 heavy (non-hydrogen) atoms. The lowest BCUT2D eigenvalue weighted by Crippen LogP contribution is -1.98. The van der Waals surface area contributed by atoms with Gasteiger partial charge in [0.1, 0.15) is 5.82 Å². The van der Waals surface area contributed by atoms with Crippen molar-refractivity contribution in [2.45, 2.75) is 18.8 Å². The van der Waals surface area contributed by atoms with Crippen LogP contribution in [-0.2, 0) is 6.42 Å². The van der Waals surface area contributed by atoms with Crippen molar-refractivity contribution in [2.75, 3.05) is 5.73 Å². The molecular formula is C12H9BrClFN2S. The first-order valence-electron chi connectivity index (χ1n) is 5.45.